The van der Waals surface area contributed by atoms with E-state index in [9.17, 15) is 0 Å². The molecule has 2 saturated heterocycles. The van der Waals surface area contributed by atoms with Gasteiger partial charge >= 0.3 is 6.01 Å². The number of tetrazole rings is 1. The van der Waals surface area contributed by atoms with Gasteiger partial charge in [-0.25, -0.2) is 0 Å². The molecule has 2 aliphatic heterocycles. The van der Waals surface area contributed by atoms with Crippen molar-refractivity contribution in [3.8, 4) is 23.3 Å². The molecule has 0 bridgehead atoms. The summed E-state index contributed by atoms with van der Waals surface area (Å²) in [5, 5.41) is 18.8. The highest BCUT2D eigenvalue weighted by Crippen LogP contribution is 2.36. The summed E-state index contributed by atoms with van der Waals surface area (Å²) in [7, 11) is 3.19. The summed E-state index contributed by atoms with van der Waals surface area (Å²) in [6, 6.07) is 14.7. The first-order valence-corrected chi connectivity index (χ1v) is 11.1. The number of aromatic nitrogens is 4. The molecule has 2 N–H and O–H groups in total. The number of anilines is 1. The summed E-state index contributed by atoms with van der Waals surface area (Å²) >= 11 is 5.52. The average Bonchev–Trinajstić information content (AvgIpc) is 3.57. The number of hydrogen-bond acceptors (Lipinski definition) is 9. The second kappa shape index (κ2) is 9.79. The molecule has 2 aliphatic rings. The number of methoxy groups -OCH3 is 2. The van der Waals surface area contributed by atoms with Gasteiger partial charge in [-0.1, -0.05) is 23.3 Å². The molecule has 34 heavy (non-hydrogen) atoms. The smallest absolute Gasteiger partial charge is 0.341 e. The number of nitrogens with zero attached hydrogens (tertiary/aromatic N) is 4. The van der Waals surface area contributed by atoms with E-state index in [1.807, 2.05) is 42.5 Å². The first-order valence-electron chi connectivity index (χ1n) is 10.7. The summed E-state index contributed by atoms with van der Waals surface area (Å²) in [4.78, 5) is 0. The maximum atomic E-state index is 6.07. The molecule has 0 radical (unpaired) electrons. The molecule has 3 aromatic rings. The monoisotopic (exact) mass is 484 g/mol. The zero-order valence-electron chi connectivity index (χ0n) is 18.6. The lowest BCUT2D eigenvalue weighted by molar-refractivity contribution is 0.0615. The van der Waals surface area contributed by atoms with E-state index in [-0.39, 0.29) is 30.3 Å². The third kappa shape index (κ3) is 4.60. The van der Waals surface area contributed by atoms with Crippen LogP contribution in [-0.2, 0) is 9.47 Å². The molecular formula is C22H24N6O5S. The predicted molar refractivity (Wildman–Crippen MR) is 126 cm³/mol. The minimum absolute atomic E-state index is 0.141. The number of fused-ring (bicyclic) bond motifs is 1. The van der Waals surface area contributed by atoms with Crippen molar-refractivity contribution in [2.45, 2.75) is 24.3 Å². The normalized spacial score (nSPS) is 23.2. The van der Waals surface area contributed by atoms with Crippen LogP contribution in [0, 0.1) is 0 Å². The highest BCUT2D eigenvalue weighted by atomic mass is 32.1. The molecule has 0 amide bonds. The van der Waals surface area contributed by atoms with Crippen molar-refractivity contribution in [2.75, 3.05) is 32.8 Å². The first-order chi connectivity index (χ1) is 16.6. The Morgan fingerprint density at radius 3 is 2.47 bits per heavy atom. The van der Waals surface area contributed by atoms with Gasteiger partial charge in [-0.2, -0.15) is 4.68 Å². The SMILES string of the molecule is COc1cc(NC(=S)N[C@H]2CO[C@H]3[C@@H]2OC[C@@H]3n2nnnc2Oc2ccccc2)cc(OC)c1. The molecule has 3 heterocycles. The van der Waals surface area contributed by atoms with E-state index in [0.717, 1.165) is 5.69 Å². The number of ether oxygens (including phenoxy) is 5. The second-order valence-electron chi connectivity index (χ2n) is 7.79. The van der Waals surface area contributed by atoms with Crippen LogP contribution in [0.2, 0.25) is 0 Å². The lowest BCUT2D eigenvalue weighted by atomic mass is 10.1. The van der Waals surface area contributed by atoms with E-state index < -0.39 is 0 Å². The second-order valence-corrected chi connectivity index (χ2v) is 8.20. The topological polar surface area (TPSA) is 114 Å². The zero-order chi connectivity index (χ0) is 23.5. The molecule has 2 fully saturated rings. The van der Waals surface area contributed by atoms with Crippen molar-refractivity contribution in [1.29, 1.82) is 0 Å². The van der Waals surface area contributed by atoms with Gasteiger partial charge in [0, 0.05) is 23.9 Å². The van der Waals surface area contributed by atoms with Crippen molar-refractivity contribution in [3.05, 3.63) is 48.5 Å². The summed E-state index contributed by atoms with van der Waals surface area (Å²) in [6.07, 6.45) is -0.475. The molecule has 0 saturated carbocycles. The third-order valence-corrected chi connectivity index (χ3v) is 5.90. The van der Waals surface area contributed by atoms with Crippen molar-refractivity contribution < 1.29 is 23.7 Å². The van der Waals surface area contributed by atoms with E-state index in [2.05, 4.69) is 26.2 Å². The number of nitrogens with one attached hydrogen (secondary N) is 2. The number of benzene rings is 2. The fourth-order valence-electron chi connectivity index (χ4n) is 4.08. The zero-order valence-corrected chi connectivity index (χ0v) is 19.4. The van der Waals surface area contributed by atoms with E-state index in [1.54, 1.807) is 25.0 Å². The molecule has 0 aliphatic carbocycles. The number of rotatable bonds is 7. The van der Waals surface area contributed by atoms with Crippen LogP contribution < -0.4 is 24.8 Å². The predicted octanol–water partition coefficient (Wildman–Crippen LogP) is 2.18. The minimum Gasteiger partial charge on any atom is -0.497 e. The van der Waals surface area contributed by atoms with Crippen LogP contribution >= 0.6 is 12.2 Å². The molecule has 4 atom stereocenters. The lowest BCUT2D eigenvalue weighted by Gasteiger charge is -2.20. The van der Waals surface area contributed by atoms with Crippen LogP contribution in [-0.4, -0.2) is 71.0 Å². The van der Waals surface area contributed by atoms with Gasteiger partial charge in [0.2, 0.25) is 0 Å². The van der Waals surface area contributed by atoms with Crippen molar-refractivity contribution in [3.63, 3.8) is 0 Å². The Balaban J connectivity index is 1.23. The fraction of sp³-hybridized carbons (Fsp3) is 0.364. The van der Waals surface area contributed by atoms with Crippen molar-refractivity contribution >= 4 is 23.0 Å². The highest BCUT2D eigenvalue weighted by Gasteiger charge is 2.50. The third-order valence-electron chi connectivity index (χ3n) is 5.68. The van der Waals surface area contributed by atoms with E-state index in [0.29, 0.717) is 35.6 Å². The molecule has 0 spiro atoms. The molecule has 11 nitrogen and oxygen atoms in total. The first kappa shape index (κ1) is 22.3. The van der Waals surface area contributed by atoms with Crippen LogP contribution in [0.4, 0.5) is 5.69 Å². The van der Waals surface area contributed by atoms with Gasteiger partial charge in [0.15, 0.2) is 5.11 Å². The number of hydrogen-bond donors (Lipinski definition) is 2. The Morgan fingerprint density at radius 2 is 1.74 bits per heavy atom. The van der Waals surface area contributed by atoms with Gasteiger partial charge < -0.3 is 34.3 Å². The van der Waals surface area contributed by atoms with Crippen LogP contribution in [0.25, 0.3) is 0 Å². The van der Waals surface area contributed by atoms with Gasteiger partial charge in [0.25, 0.3) is 0 Å². The summed E-state index contributed by atoms with van der Waals surface area (Å²) < 4.78 is 30.2. The quantitative estimate of drug-likeness (QED) is 0.481. The molecule has 1 aromatic heterocycles. The molecule has 5 rings (SSSR count). The Bertz CT molecular complexity index is 1120. The average molecular weight is 485 g/mol. The van der Waals surface area contributed by atoms with Gasteiger partial charge in [-0.05, 0) is 34.8 Å². The summed E-state index contributed by atoms with van der Waals surface area (Å²) in [6.45, 7) is 0.809. The molecule has 12 heteroatoms. The maximum Gasteiger partial charge on any atom is 0.341 e. The molecule has 0 unspecified atom stereocenters. The number of thiocarbonyl (C=S) groups is 1. The van der Waals surface area contributed by atoms with E-state index >= 15 is 0 Å². The van der Waals surface area contributed by atoms with E-state index in [4.69, 9.17) is 35.9 Å². The van der Waals surface area contributed by atoms with Gasteiger partial charge in [0.1, 0.15) is 35.5 Å². The minimum atomic E-state index is -0.251. The van der Waals surface area contributed by atoms with Crippen LogP contribution in [0.3, 0.4) is 0 Å². The molecule has 2 aromatic carbocycles. The number of para-hydroxylation sites is 1. The highest BCUT2D eigenvalue weighted by molar-refractivity contribution is 7.80. The van der Waals surface area contributed by atoms with Gasteiger partial charge in [-0.3, -0.25) is 0 Å². The van der Waals surface area contributed by atoms with Crippen LogP contribution in [0.1, 0.15) is 6.04 Å². The lowest BCUT2D eigenvalue weighted by Crippen LogP contribution is -2.45. The van der Waals surface area contributed by atoms with E-state index in [1.165, 1.54) is 0 Å². The van der Waals surface area contributed by atoms with Crippen LogP contribution in [0.15, 0.2) is 48.5 Å². The summed E-state index contributed by atoms with van der Waals surface area (Å²) in [5.74, 6) is 1.96. The van der Waals surface area contributed by atoms with Gasteiger partial charge in [-0.15, -0.1) is 0 Å². The van der Waals surface area contributed by atoms with Crippen molar-refractivity contribution in [1.82, 2.24) is 25.5 Å². The van der Waals surface area contributed by atoms with Gasteiger partial charge in [0.05, 0.1) is 33.5 Å². The standard InChI is InChI=1S/C22H24N6O5S/c1-29-15-8-13(9-16(10-15)30-2)23-21(34)24-17-11-31-20-18(12-32-19(17)20)28-22(25-26-27-28)33-14-6-4-3-5-7-14/h3-10,17-20H,11-12H2,1-2H3,(H2,23,24,34)/t17-,18-,19+,20+/m0/s1. The molecule has 178 valence electrons. The Labute approximate surface area is 201 Å². The Kier molecular flexibility index (Phi) is 6.43. The fourth-order valence-corrected chi connectivity index (χ4v) is 4.35. The van der Waals surface area contributed by atoms with Crippen molar-refractivity contribution in [2.24, 2.45) is 0 Å². The molecular weight excluding hydrogens is 460 g/mol. The summed E-state index contributed by atoms with van der Waals surface area (Å²) in [5.41, 5.74) is 0.741. The van der Waals surface area contributed by atoms with Crippen LogP contribution in [0.5, 0.6) is 23.3 Å². The maximum absolute atomic E-state index is 6.07. The Morgan fingerprint density at radius 1 is 1.00 bits per heavy atom. The largest absolute Gasteiger partial charge is 0.497 e. The Hall–Kier alpha value is -3.48.